The summed E-state index contributed by atoms with van der Waals surface area (Å²) in [6.07, 6.45) is 4.65. The van der Waals surface area contributed by atoms with Crippen LogP contribution in [0.2, 0.25) is 0 Å². The highest BCUT2D eigenvalue weighted by Gasteiger charge is 2.13. The zero-order valence-corrected chi connectivity index (χ0v) is 13.3. The third-order valence-electron chi connectivity index (χ3n) is 3.81. The van der Waals surface area contributed by atoms with E-state index in [4.69, 9.17) is 0 Å². The van der Waals surface area contributed by atoms with Crippen molar-refractivity contribution in [3.05, 3.63) is 59.7 Å². The van der Waals surface area contributed by atoms with Gasteiger partial charge in [-0.2, -0.15) is 0 Å². The van der Waals surface area contributed by atoms with Gasteiger partial charge in [-0.3, -0.25) is 9.78 Å². The lowest BCUT2D eigenvalue weighted by molar-refractivity contribution is -0.121. The highest BCUT2D eigenvalue weighted by molar-refractivity contribution is 5.78. The van der Waals surface area contributed by atoms with Crippen molar-refractivity contribution in [1.82, 2.24) is 20.3 Å². The molecule has 5 heteroatoms. The van der Waals surface area contributed by atoms with E-state index < -0.39 is 0 Å². The maximum absolute atomic E-state index is 12.1. The number of nitrogens with one attached hydrogen (secondary N) is 2. The highest BCUT2D eigenvalue weighted by atomic mass is 16.1. The summed E-state index contributed by atoms with van der Waals surface area (Å²) >= 11 is 0. The minimum Gasteiger partial charge on any atom is -0.346 e. The molecular weight excluding hydrogens is 288 g/mol. The number of pyridine rings is 1. The zero-order chi connectivity index (χ0) is 16.2. The predicted octanol–water partition coefficient (Wildman–Crippen LogP) is 3.08. The summed E-state index contributed by atoms with van der Waals surface area (Å²) in [6, 6.07) is 9.79. The minimum absolute atomic E-state index is 0.0120. The van der Waals surface area contributed by atoms with E-state index in [1.165, 1.54) is 5.56 Å². The molecule has 5 nitrogen and oxygen atoms in total. The number of nitrogens with zero attached hydrogens (tertiary/aromatic N) is 2. The number of aryl methyl sites for hydroxylation is 2. The Balaban J connectivity index is 1.61. The van der Waals surface area contributed by atoms with Crippen LogP contribution in [0.1, 0.15) is 36.3 Å². The lowest BCUT2D eigenvalue weighted by Gasteiger charge is -2.11. The summed E-state index contributed by atoms with van der Waals surface area (Å²) in [7, 11) is 0. The lowest BCUT2D eigenvalue weighted by Crippen LogP contribution is -2.27. The quantitative estimate of drug-likeness (QED) is 0.761. The molecule has 1 amide bonds. The highest BCUT2D eigenvalue weighted by Crippen LogP contribution is 2.17. The molecule has 0 radical (unpaired) electrons. The Morgan fingerprint density at radius 1 is 1.35 bits per heavy atom. The molecule has 0 aliphatic rings. The van der Waals surface area contributed by atoms with Crippen LogP contribution in [0.4, 0.5) is 0 Å². The van der Waals surface area contributed by atoms with Crippen molar-refractivity contribution >= 4 is 16.9 Å². The van der Waals surface area contributed by atoms with Gasteiger partial charge in [-0.1, -0.05) is 12.1 Å². The maximum atomic E-state index is 12.1. The second-order valence-electron chi connectivity index (χ2n) is 5.79. The van der Waals surface area contributed by atoms with Gasteiger partial charge in [0.2, 0.25) is 5.91 Å². The number of benzene rings is 1. The van der Waals surface area contributed by atoms with Crippen LogP contribution in [0.5, 0.6) is 0 Å². The number of aromatic nitrogens is 3. The fraction of sp³-hybridized carbons (Fsp3) is 0.278. The summed E-state index contributed by atoms with van der Waals surface area (Å²) in [6.45, 7) is 3.98. The third-order valence-corrected chi connectivity index (χ3v) is 3.81. The van der Waals surface area contributed by atoms with E-state index in [0.717, 1.165) is 22.4 Å². The molecule has 2 N–H and O–H groups in total. The number of amides is 1. The first-order chi connectivity index (χ1) is 11.1. The Bertz CT molecular complexity index is 810. The number of rotatable bonds is 5. The number of hydrogen-bond donors (Lipinski definition) is 2. The molecular formula is C18H20N4O. The molecule has 0 spiro atoms. The van der Waals surface area contributed by atoms with Crippen molar-refractivity contribution in [2.24, 2.45) is 0 Å². The average Bonchev–Trinajstić information content (AvgIpc) is 2.97. The smallest absolute Gasteiger partial charge is 0.220 e. The monoisotopic (exact) mass is 308 g/mol. The molecule has 1 aromatic carbocycles. The van der Waals surface area contributed by atoms with Gasteiger partial charge in [-0.05, 0) is 49.6 Å². The Labute approximate surface area is 135 Å². The normalized spacial score (nSPS) is 12.3. The number of hydrogen-bond acceptors (Lipinski definition) is 3. The van der Waals surface area contributed by atoms with E-state index in [9.17, 15) is 4.79 Å². The molecule has 0 saturated carbocycles. The van der Waals surface area contributed by atoms with E-state index in [2.05, 4.69) is 26.3 Å². The molecule has 0 aliphatic carbocycles. The van der Waals surface area contributed by atoms with Gasteiger partial charge in [0.25, 0.3) is 0 Å². The molecule has 0 aliphatic heterocycles. The second kappa shape index (κ2) is 6.60. The maximum Gasteiger partial charge on any atom is 0.220 e. The van der Waals surface area contributed by atoms with Gasteiger partial charge in [0, 0.05) is 18.8 Å². The molecule has 23 heavy (non-hydrogen) atoms. The number of aromatic amines is 1. The molecule has 0 fully saturated rings. The van der Waals surface area contributed by atoms with E-state index in [0.29, 0.717) is 12.8 Å². The summed E-state index contributed by atoms with van der Waals surface area (Å²) in [4.78, 5) is 24.0. The SMILES string of the molecule is Cc1ccc2nc([C@H](C)NC(=O)CCc3cccnc3)[nH]c2c1. The molecule has 118 valence electrons. The number of fused-ring (bicyclic) bond motifs is 1. The molecule has 3 aromatic rings. The van der Waals surface area contributed by atoms with E-state index in [-0.39, 0.29) is 11.9 Å². The Morgan fingerprint density at radius 3 is 3.00 bits per heavy atom. The van der Waals surface area contributed by atoms with Crippen molar-refractivity contribution in [2.45, 2.75) is 32.7 Å². The van der Waals surface area contributed by atoms with Gasteiger partial charge in [-0.15, -0.1) is 0 Å². The van der Waals surface area contributed by atoms with Crippen LogP contribution in [0.15, 0.2) is 42.7 Å². The number of carbonyl (C=O) groups excluding carboxylic acids is 1. The van der Waals surface area contributed by atoms with Crippen LogP contribution in [-0.4, -0.2) is 20.9 Å². The van der Waals surface area contributed by atoms with Gasteiger partial charge in [0.05, 0.1) is 17.1 Å². The molecule has 2 heterocycles. The Morgan fingerprint density at radius 2 is 2.22 bits per heavy atom. The number of carbonyl (C=O) groups is 1. The van der Waals surface area contributed by atoms with E-state index >= 15 is 0 Å². The van der Waals surface area contributed by atoms with Crippen molar-refractivity contribution in [1.29, 1.82) is 0 Å². The standard InChI is InChI=1S/C18H20N4O/c1-12-5-7-15-16(10-12)22-18(21-15)13(2)20-17(23)8-6-14-4-3-9-19-11-14/h3-5,7,9-11,13H,6,8H2,1-2H3,(H,20,23)(H,21,22)/t13-/m0/s1. The summed E-state index contributed by atoms with van der Waals surface area (Å²) in [5.74, 6) is 0.790. The van der Waals surface area contributed by atoms with Crippen LogP contribution in [0.25, 0.3) is 11.0 Å². The van der Waals surface area contributed by atoms with Gasteiger partial charge in [0.15, 0.2) is 0 Å². The minimum atomic E-state index is -0.149. The van der Waals surface area contributed by atoms with Crippen LogP contribution >= 0.6 is 0 Å². The van der Waals surface area contributed by atoms with Gasteiger partial charge in [0.1, 0.15) is 5.82 Å². The molecule has 0 unspecified atom stereocenters. The summed E-state index contributed by atoms with van der Waals surface area (Å²) < 4.78 is 0. The first-order valence-corrected chi connectivity index (χ1v) is 7.76. The largest absolute Gasteiger partial charge is 0.346 e. The number of H-pyrrole nitrogens is 1. The first kappa shape index (κ1) is 15.2. The fourth-order valence-corrected chi connectivity index (χ4v) is 2.53. The van der Waals surface area contributed by atoms with E-state index in [1.54, 1.807) is 12.4 Å². The van der Waals surface area contributed by atoms with E-state index in [1.807, 2.05) is 38.1 Å². The van der Waals surface area contributed by atoms with Crippen LogP contribution in [0.3, 0.4) is 0 Å². The zero-order valence-electron chi connectivity index (χ0n) is 13.3. The predicted molar refractivity (Wildman–Crippen MR) is 89.9 cm³/mol. The van der Waals surface area contributed by atoms with Crippen LogP contribution < -0.4 is 5.32 Å². The Kier molecular flexibility index (Phi) is 4.37. The van der Waals surface area contributed by atoms with Crippen molar-refractivity contribution in [2.75, 3.05) is 0 Å². The topological polar surface area (TPSA) is 70.7 Å². The molecule has 2 aromatic heterocycles. The summed E-state index contributed by atoms with van der Waals surface area (Å²) in [5, 5.41) is 2.99. The van der Waals surface area contributed by atoms with Crippen molar-refractivity contribution in [3.8, 4) is 0 Å². The lowest BCUT2D eigenvalue weighted by atomic mass is 10.1. The number of imidazole rings is 1. The third kappa shape index (κ3) is 3.74. The molecule has 3 rings (SSSR count). The molecule has 0 saturated heterocycles. The van der Waals surface area contributed by atoms with Crippen LogP contribution in [-0.2, 0) is 11.2 Å². The second-order valence-corrected chi connectivity index (χ2v) is 5.79. The average molecular weight is 308 g/mol. The van der Waals surface area contributed by atoms with Crippen molar-refractivity contribution in [3.63, 3.8) is 0 Å². The first-order valence-electron chi connectivity index (χ1n) is 7.76. The van der Waals surface area contributed by atoms with Gasteiger partial charge < -0.3 is 10.3 Å². The molecule has 0 bridgehead atoms. The molecule has 1 atom stereocenters. The Hall–Kier alpha value is -2.69. The fourth-order valence-electron chi connectivity index (χ4n) is 2.53. The summed E-state index contributed by atoms with van der Waals surface area (Å²) in [5.41, 5.74) is 4.16. The van der Waals surface area contributed by atoms with Gasteiger partial charge in [-0.25, -0.2) is 4.98 Å². The van der Waals surface area contributed by atoms with Crippen molar-refractivity contribution < 1.29 is 4.79 Å². The van der Waals surface area contributed by atoms with Gasteiger partial charge >= 0.3 is 0 Å². The van der Waals surface area contributed by atoms with Crippen LogP contribution in [0, 0.1) is 6.92 Å².